The second kappa shape index (κ2) is 12.0. The van der Waals surface area contributed by atoms with Crippen LogP contribution in [0.1, 0.15) is 60.9 Å². The van der Waals surface area contributed by atoms with Crippen molar-refractivity contribution in [3.63, 3.8) is 0 Å². The Bertz CT molecular complexity index is 1090. The van der Waals surface area contributed by atoms with Crippen molar-refractivity contribution < 1.29 is 19.5 Å². The molecule has 2 aromatic carbocycles. The summed E-state index contributed by atoms with van der Waals surface area (Å²) in [6, 6.07) is 19.2. The lowest BCUT2D eigenvalue weighted by molar-refractivity contribution is -0.135. The van der Waals surface area contributed by atoms with Gasteiger partial charge in [0.25, 0.3) is 0 Å². The lowest BCUT2D eigenvalue weighted by Crippen LogP contribution is -2.56. The third kappa shape index (κ3) is 6.01. The Morgan fingerprint density at radius 2 is 1.61 bits per heavy atom. The highest BCUT2D eigenvalue weighted by molar-refractivity contribution is 5.89. The van der Waals surface area contributed by atoms with Gasteiger partial charge in [-0.05, 0) is 68.2 Å². The summed E-state index contributed by atoms with van der Waals surface area (Å²) in [6.07, 6.45) is 5.20. The van der Waals surface area contributed by atoms with E-state index >= 15 is 0 Å². The van der Waals surface area contributed by atoms with Crippen LogP contribution in [0.25, 0.3) is 0 Å². The van der Waals surface area contributed by atoms with Gasteiger partial charge >= 0.3 is 6.09 Å². The number of benzene rings is 2. The number of piperidine rings is 1. The number of nitrogens with zero attached hydrogens (tertiary/aromatic N) is 4. The van der Waals surface area contributed by atoms with Crippen molar-refractivity contribution in [2.45, 2.75) is 56.1 Å². The molecule has 8 nitrogen and oxygen atoms in total. The number of amides is 3. The summed E-state index contributed by atoms with van der Waals surface area (Å²) >= 11 is 0. The molecule has 2 aliphatic heterocycles. The first kappa shape index (κ1) is 27.6. The Balaban J connectivity index is 0.000000617. The third-order valence-corrected chi connectivity index (χ3v) is 8.06. The molecule has 2 aromatic rings. The number of likely N-dealkylation sites (tertiary alicyclic amines) is 1. The summed E-state index contributed by atoms with van der Waals surface area (Å²) in [6.45, 7) is 1.49. The molecule has 0 radical (unpaired) electrons. The number of hydrogen-bond acceptors (Lipinski definition) is 4. The van der Waals surface area contributed by atoms with E-state index < -0.39 is 11.6 Å². The van der Waals surface area contributed by atoms with Gasteiger partial charge in [0.2, 0.25) is 12.3 Å². The second-order valence-corrected chi connectivity index (χ2v) is 10.9. The first-order chi connectivity index (χ1) is 18.3. The maximum Gasteiger partial charge on any atom is 0.407 e. The number of aryl methyl sites for hydroxylation is 1. The molecule has 0 aromatic heterocycles. The van der Waals surface area contributed by atoms with E-state index in [2.05, 4.69) is 53.4 Å². The van der Waals surface area contributed by atoms with Gasteiger partial charge in [0.1, 0.15) is 11.7 Å². The standard InChI is InChI=1S/C27H33N3O3.C3H7NO/c1-28-24(23-13-11-22(12-14-23)21-9-10-21)30(17-5-8-20-6-3-2-4-7-20)25(31)27(28)15-18-29(19-16-27)26(32)33;1-4(2)3-5/h2-4,6-7,11-14,21,24H,5,8-10,15-19H2,1H3,(H,32,33);3H,1-2H3. The Hall–Kier alpha value is -3.39. The minimum Gasteiger partial charge on any atom is -0.465 e. The summed E-state index contributed by atoms with van der Waals surface area (Å²) in [5.41, 5.74) is 3.20. The number of carboxylic acid groups (broad SMARTS) is 1. The van der Waals surface area contributed by atoms with Crippen LogP contribution in [0.4, 0.5) is 4.79 Å². The SMILES string of the molecule is CN(C)C=O.CN1C(c2ccc(C3CC3)cc2)N(CCCc2ccccc2)C(=O)C12CCN(C(=O)O)CC2. The lowest BCUT2D eigenvalue weighted by Gasteiger charge is -2.41. The molecule has 8 heteroatoms. The lowest BCUT2D eigenvalue weighted by atomic mass is 9.86. The molecular formula is C30H40N4O4. The van der Waals surface area contributed by atoms with Crippen molar-refractivity contribution in [2.75, 3.05) is 40.8 Å². The Morgan fingerprint density at radius 3 is 2.13 bits per heavy atom. The van der Waals surface area contributed by atoms with Crippen molar-refractivity contribution in [2.24, 2.45) is 0 Å². The maximum atomic E-state index is 13.9. The molecule has 1 aliphatic carbocycles. The minimum atomic E-state index is -0.898. The van der Waals surface area contributed by atoms with E-state index in [1.165, 1.54) is 33.8 Å². The normalized spacial score (nSPS) is 20.7. The van der Waals surface area contributed by atoms with E-state index in [4.69, 9.17) is 0 Å². The molecule has 1 unspecified atom stereocenters. The first-order valence-electron chi connectivity index (χ1n) is 13.5. The van der Waals surface area contributed by atoms with Crippen molar-refractivity contribution in [1.82, 2.24) is 19.6 Å². The van der Waals surface area contributed by atoms with E-state index in [-0.39, 0.29) is 12.1 Å². The Labute approximate surface area is 225 Å². The molecule has 3 aliphatic rings. The molecule has 2 saturated heterocycles. The van der Waals surface area contributed by atoms with Crippen LogP contribution < -0.4 is 0 Å². The maximum absolute atomic E-state index is 13.9. The summed E-state index contributed by atoms with van der Waals surface area (Å²) in [7, 11) is 5.42. The van der Waals surface area contributed by atoms with Crippen LogP contribution in [-0.2, 0) is 16.0 Å². The van der Waals surface area contributed by atoms with Gasteiger partial charge in [-0.1, -0.05) is 54.6 Å². The number of carbonyl (C=O) groups is 3. The molecule has 2 heterocycles. The zero-order chi connectivity index (χ0) is 27.3. The molecule has 3 amide bonds. The average Bonchev–Trinajstić information content (AvgIpc) is 3.76. The summed E-state index contributed by atoms with van der Waals surface area (Å²) < 4.78 is 0. The highest BCUT2D eigenvalue weighted by atomic mass is 16.4. The van der Waals surface area contributed by atoms with Gasteiger partial charge in [0.15, 0.2) is 0 Å². The van der Waals surface area contributed by atoms with Crippen LogP contribution in [0, 0.1) is 0 Å². The molecule has 0 bridgehead atoms. The van der Waals surface area contributed by atoms with Gasteiger partial charge < -0.3 is 19.8 Å². The quantitative estimate of drug-likeness (QED) is 0.554. The fourth-order valence-corrected chi connectivity index (χ4v) is 5.69. The van der Waals surface area contributed by atoms with Crippen molar-refractivity contribution in [1.29, 1.82) is 0 Å². The number of likely N-dealkylation sites (N-methyl/N-ethyl adjacent to an activating group) is 1. The Morgan fingerprint density at radius 1 is 1.03 bits per heavy atom. The molecule has 1 spiro atoms. The fourth-order valence-electron chi connectivity index (χ4n) is 5.69. The highest BCUT2D eigenvalue weighted by Crippen LogP contribution is 2.46. The summed E-state index contributed by atoms with van der Waals surface area (Å²) in [5, 5.41) is 9.40. The van der Waals surface area contributed by atoms with Crippen LogP contribution in [0.3, 0.4) is 0 Å². The van der Waals surface area contributed by atoms with Crippen LogP contribution in [0.15, 0.2) is 54.6 Å². The van der Waals surface area contributed by atoms with E-state index in [0.29, 0.717) is 38.4 Å². The zero-order valence-electron chi connectivity index (χ0n) is 22.8. The van der Waals surface area contributed by atoms with Crippen LogP contribution in [0.5, 0.6) is 0 Å². The van der Waals surface area contributed by atoms with Gasteiger partial charge in [-0.2, -0.15) is 0 Å². The molecule has 204 valence electrons. The number of rotatable bonds is 7. The van der Waals surface area contributed by atoms with E-state index in [1.54, 1.807) is 14.1 Å². The fraction of sp³-hybridized carbons (Fsp3) is 0.500. The molecule has 5 rings (SSSR count). The predicted octanol–water partition coefficient (Wildman–Crippen LogP) is 4.19. The van der Waals surface area contributed by atoms with Gasteiger partial charge in [-0.25, -0.2) is 4.79 Å². The van der Waals surface area contributed by atoms with Crippen molar-refractivity contribution in [3.05, 3.63) is 71.3 Å². The largest absolute Gasteiger partial charge is 0.465 e. The van der Waals surface area contributed by atoms with Gasteiger partial charge in [-0.15, -0.1) is 0 Å². The van der Waals surface area contributed by atoms with E-state index in [1.807, 2.05) is 18.0 Å². The van der Waals surface area contributed by atoms with E-state index in [9.17, 15) is 19.5 Å². The smallest absolute Gasteiger partial charge is 0.407 e. The zero-order valence-corrected chi connectivity index (χ0v) is 22.8. The summed E-state index contributed by atoms with van der Waals surface area (Å²) in [4.78, 5) is 41.9. The second-order valence-electron chi connectivity index (χ2n) is 10.9. The average molecular weight is 521 g/mol. The molecule has 3 fully saturated rings. The van der Waals surface area contributed by atoms with E-state index in [0.717, 1.165) is 24.8 Å². The number of carbonyl (C=O) groups excluding carboxylic acids is 2. The highest BCUT2D eigenvalue weighted by Gasteiger charge is 2.57. The molecule has 1 N–H and O–H groups in total. The first-order valence-corrected chi connectivity index (χ1v) is 13.5. The monoisotopic (exact) mass is 520 g/mol. The van der Waals surface area contributed by atoms with Crippen molar-refractivity contribution in [3.8, 4) is 0 Å². The van der Waals surface area contributed by atoms with Gasteiger partial charge in [0.05, 0.1) is 0 Å². The van der Waals surface area contributed by atoms with Crippen molar-refractivity contribution >= 4 is 18.4 Å². The number of hydrogen-bond donors (Lipinski definition) is 1. The molecule has 1 atom stereocenters. The van der Waals surface area contributed by atoms with Crippen LogP contribution >= 0.6 is 0 Å². The molecule has 1 saturated carbocycles. The third-order valence-electron chi connectivity index (χ3n) is 8.06. The van der Waals surface area contributed by atoms with Crippen LogP contribution in [0.2, 0.25) is 0 Å². The topological polar surface area (TPSA) is 84.4 Å². The molecular weight excluding hydrogens is 480 g/mol. The van der Waals surface area contributed by atoms with Gasteiger partial charge in [-0.3, -0.25) is 14.5 Å². The molecule has 38 heavy (non-hydrogen) atoms. The van der Waals surface area contributed by atoms with Gasteiger partial charge in [0, 0.05) is 33.7 Å². The van der Waals surface area contributed by atoms with Crippen LogP contribution in [-0.4, -0.2) is 89.4 Å². The Kier molecular flexibility index (Phi) is 8.72. The summed E-state index contributed by atoms with van der Waals surface area (Å²) in [5.74, 6) is 0.857. The predicted molar refractivity (Wildman–Crippen MR) is 147 cm³/mol. The minimum absolute atomic E-state index is 0.113.